The first-order chi connectivity index (χ1) is 12.3. The summed E-state index contributed by atoms with van der Waals surface area (Å²) in [4.78, 5) is 17.6. The predicted molar refractivity (Wildman–Crippen MR) is 120 cm³/mol. The molecule has 8 heteroatoms. The van der Waals surface area contributed by atoms with Crippen molar-refractivity contribution in [2.75, 3.05) is 40.3 Å². The number of carbonyl (C=O) groups is 1. The van der Waals surface area contributed by atoms with Crippen molar-refractivity contribution in [1.82, 2.24) is 15.5 Å². The van der Waals surface area contributed by atoms with Crippen LogP contribution in [0.5, 0.6) is 5.75 Å². The van der Waals surface area contributed by atoms with Gasteiger partial charge in [0.15, 0.2) is 5.96 Å². The Kier molecular flexibility index (Phi) is 12.6. The lowest BCUT2D eigenvalue weighted by atomic mass is 10.2. The van der Waals surface area contributed by atoms with E-state index in [1.807, 2.05) is 51.1 Å². The van der Waals surface area contributed by atoms with Crippen LogP contribution in [0.1, 0.15) is 27.2 Å². The second-order valence-corrected chi connectivity index (χ2v) is 6.84. The molecule has 0 spiro atoms. The third-order valence-electron chi connectivity index (χ3n) is 3.29. The summed E-state index contributed by atoms with van der Waals surface area (Å²) in [7, 11) is 3.43. The van der Waals surface area contributed by atoms with Gasteiger partial charge in [-0.3, -0.25) is 4.99 Å². The van der Waals surface area contributed by atoms with Gasteiger partial charge in [0, 0.05) is 33.7 Å². The number of hydrogen-bond donors (Lipinski definition) is 2. The molecule has 0 saturated carbocycles. The van der Waals surface area contributed by atoms with Crippen LogP contribution in [0.3, 0.4) is 0 Å². The Morgan fingerprint density at radius 2 is 1.78 bits per heavy atom. The molecule has 0 bridgehead atoms. The lowest BCUT2D eigenvalue weighted by molar-refractivity contribution is 0.0302. The Morgan fingerprint density at radius 1 is 1.15 bits per heavy atom. The smallest absolute Gasteiger partial charge is 0.410 e. The van der Waals surface area contributed by atoms with Gasteiger partial charge in [0.2, 0.25) is 0 Å². The Balaban J connectivity index is 0.00000676. The lowest BCUT2D eigenvalue weighted by Gasteiger charge is -2.24. The number of hydrogen-bond acceptors (Lipinski definition) is 4. The Bertz CT molecular complexity index is 562. The number of rotatable bonds is 8. The van der Waals surface area contributed by atoms with Crippen LogP contribution in [0.25, 0.3) is 0 Å². The molecule has 0 radical (unpaired) electrons. The first-order valence-electron chi connectivity index (χ1n) is 8.88. The third-order valence-corrected chi connectivity index (χ3v) is 3.29. The Morgan fingerprint density at radius 3 is 2.37 bits per heavy atom. The summed E-state index contributed by atoms with van der Waals surface area (Å²) in [6.45, 7) is 8.03. The van der Waals surface area contributed by atoms with Crippen molar-refractivity contribution in [3.63, 3.8) is 0 Å². The molecule has 1 aromatic carbocycles. The molecule has 0 fully saturated rings. The van der Waals surface area contributed by atoms with E-state index in [0.717, 1.165) is 18.7 Å². The maximum Gasteiger partial charge on any atom is 0.410 e. The predicted octanol–water partition coefficient (Wildman–Crippen LogP) is 3.11. The normalized spacial score (nSPS) is 11.2. The standard InChI is InChI=1S/C19H32N4O3.HI/c1-19(2,3)26-18(24)23(5)14-13-22-17(20-4)21-12-9-15-25-16-10-7-6-8-11-16;/h6-8,10-11H,9,12-15H2,1-5H3,(H2,20,21,22);1H. The van der Waals surface area contributed by atoms with Gasteiger partial charge < -0.3 is 25.0 Å². The summed E-state index contributed by atoms with van der Waals surface area (Å²) in [5, 5.41) is 6.40. The zero-order valence-electron chi connectivity index (χ0n) is 16.9. The molecule has 0 heterocycles. The van der Waals surface area contributed by atoms with E-state index in [2.05, 4.69) is 15.6 Å². The lowest BCUT2D eigenvalue weighted by Crippen LogP contribution is -2.43. The van der Waals surface area contributed by atoms with E-state index in [1.165, 1.54) is 0 Å². The van der Waals surface area contributed by atoms with Gasteiger partial charge in [-0.15, -0.1) is 24.0 Å². The SMILES string of the molecule is CN=C(NCCCOc1ccccc1)NCCN(C)C(=O)OC(C)(C)C.I. The van der Waals surface area contributed by atoms with Crippen LogP contribution in [0.15, 0.2) is 35.3 Å². The number of ether oxygens (including phenoxy) is 2. The molecule has 1 amide bonds. The molecule has 7 nitrogen and oxygen atoms in total. The van der Waals surface area contributed by atoms with E-state index < -0.39 is 5.60 Å². The van der Waals surface area contributed by atoms with Crippen molar-refractivity contribution in [3.8, 4) is 5.75 Å². The molecule has 0 saturated heterocycles. The van der Waals surface area contributed by atoms with Crippen molar-refractivity contribution in [2.45, 2.75) is 32.8 Å². The van der Waals surface area contributed by atoms with E-state index in [-0.39, 0.29) is 30.1 Å². The molecular weight excluding hydrogens is 459 g/mol. The van der Waals surface area contributed by atoms with Crippen LogP contribution in [0.4, 0.5) is 4.79 Å². The number of aliphatic imine (C=N–C) groups is 1. The number of benzene rings is 1. The fraction of sp³-hybridized carbons (Fsp3) is 0.579. The molecule has 0 aliphatic rings. The highest BCUT2D eigenvalue weighted by atomic mass is 127. The molecular formula is C19H33IN4O3. The van der Waals surface area contributed by atoms with Crippen LogP contribution < -0.4 is 15.4 Å². The van der Waals surface area contributed by atoms with Crippen LogP contribution in [-0.2, 0) is 4.74 Å². The molecule has 0 unspecified atom stereocenters. The van der Waals surface area contributed by atoms with Gasteiger partial charge in [-0.1, -0.05) is 18.2 Å². The summed E-state index contributed by atoms with van der Waals surface area (Å²) in [6.07, 6.45) is 0.522. The van der Waals surface area contributed by atoms with E-state index in [9.17, 15) is 4.79 Å². The minimum absolute atomic E-state index is 0. The average molecular weight is 492 g/mol. The van der Waals surface area contributed by atoms with E-state index >= 15 is 0 Å². The van der Waals surface area contributed by atoms with Crippen LogP contribution in [0.2, 0.25) is 0 Å². The molecule has 0 aliphatic carbocycles. The van der Waals surface area contributed by atoms with E-state index in [1.54, 1.807) is 19.0 Å². The molecule has 2 N–H and O–H groups in total. The van der Waals surface area contributed by atoms with Crippen molar-refractivity contribution >= 4 is 36.0 Å². The fourth-order valence-corrected chi connectivity index (χ4v) is 1.98. The maximum absolute atomic E-state index is 11.9. The summed E-state index contributed by atoms with van der Waals surface area (Å²) < 4.78 is 11.0. The van der Waals surface area contributed by atoms with Gasteiger partial charge in [0.05, 0.1) is 6.61 Å². The summed E-state index contributed by atoms with van der Waals surface area (Å²) >= 11 is 0. The van der Waals surface area contributed by atoms with Crippen molar-refractivity contribution < 1.29 is 14.3 Å². The molecule has 0 aromatic heterocycles. The first kappa shape index (κ1) is 25.3. The number of amides is 1. The van der Waals surface area contributed by atoms with E-state index in [0.29, 0.717) is 25.7 Å². The molecule has 0 atom stereocenters. The largest absolute Gasteiger partial charge is 0.494 e. The fourth-order valence-electron chi connectivity index (χ4n) is 1.98. The van der Waals surface area contributed by atoms with Crippen molar-refractivity contribution in [1.29, 1.82) is 0 Å². The van der Waals surface area contributed by atoms with Crippen LogP contribution in [0, 0.1) is 0 Å². The Labute approximate surface area is 179 Å². The highest BCUT2D eigenvalue weighted by molar-refractivity contribution is 14.0. The topological polar surface area (TPSA) is 75.2 Å². The maximum atomic E-state index is 11.9. The van der Waals surface area contributed by atoms with Crippen LogP contribution >= 0.6 is 24.0 Å². The van der Waals surface area contributed by atoms with Gasteiger partial charge in [-0.2, -0.15) is 0 Å². The molecule has 154 valence electrons. The number of nitrogens with one attached hydrogen (secondary N) is 2. The molecule has 0 aliphatic heterocycles. The average Bonchev–Trinajstić information content (AvgIpc) is 2.59. The van der Waals surface area contributed by atoms with Gasteiger partial charge in [0.25, 0.3) is 0 Å². The van der Waals surface area contributed by atoms with Gasteiger partial charge in [-0.05, 0) is 39.3 Å². The zero-order chi connectivity index (χ0) is 19.4. The quantitative estimate of drug-likeness (QED) is 0.253. The van der Waals surface area contributed by atoms with Crippen LogP contribution in [-0.4, -0.2) is 62.9 Å². The van der Waals surface area contributed by atoms with Gasteiger partial charge in [0.1, 0.15) is 11.4 Å². The number of likely N-dealkylation sites (N-methyl/N-ethyl adjacent to an activating group) is 1. The highest BCUT2D eigenvalue weighted by Crippen LogP contribution is 2.09. The number of para-hydroxylation sites is 1. The van der Waals surface area contributed by atoms with Gasteiger partial charge >= 0.3 is 6.09 Å². The first-order valence-corrected chi connectivity index (χ1v) is 8.88. The summed E-state index contributed by atoms with van der Waals surface area (Å²) in [5.74, 6) is 1.57. The number of nitrogens with zero attached hydrogens (tertiary/aromatic N) is 2. The number of carbonyl (C=O) groups excluding carboxylic acids is 1. The van der Waals surface area contributed by atoms with Crippen molar-refractivity contribution in [3.05, 3.63) is 30.3 Å². The van der Waals surface area contributed by atoms with Gasteiger partial charge in [-0.25, -0.2) is 4.79 Å². The second-order valence-electron chi connectivity index (χ2n) is 6.84. The molecule has 1 aromatic rings. The zero-order valence-corrected chi connectivity index (χ0v) is 19.3. The molecule has 27 heavy (non-hydrogen) atoms. The highest BCUT2D eigenvalue weighted by Gasteiger charge is 2.19. The third kappa shape index (κ3) is 12.3. The summed E-state index contributed by atoms with van der Waals surface area (Å²) in [6, 6.07) is 9.75. The minimum atomic E-state index is -0.488. The number of halogens is 1. The summed E-state index contributed by atoms with van der Waals surface area (Å²) in [5.41, 5.74) is -0.488. The minimum Gasteiger partial charge on any atom is -0.494 e. The van der Waals surface area contributed by atoms with Crippen molar-refractivity contribution in [2.24, 2.45) is 4.99 Å². The van der Waals surface area contributed by atoms with E-state index in [4.69, 9.17) is 9.47 Å². The second kappa shape index (κ2) is 13.5. The number of guanidine groups is 1. The monoisotopic (exact) mass is 492 g/mol. The molecule has 1 rings (SSSR count). The Hall–Kier alpha value is -1.71.